The Kier molecular flexibility index (Phi) is 5.65. The topological polar surface area (TPSA) is 80.9 Å². The number of nitrogens with zero attached hydrogens (tertiary/aromatic N) is 3. The second-order valence-corrected chi connectivity index (χ2v) is 8.40. The van der Waals surface area contributed by atoms with Crippen LogP contribution < -0.4 is 5.32 Å². The number of benzene rings is 2. The van der Waals surface area contributed by atoms with E-state index < -0.39 is 0 Å². The molecule has 0 atom stereocenters. The molecule has 4 rings (SSSR count). The number of aromatic nitrogens is 3. The normalized spacial score (nSPS) is 11.1. The molecule has 4 aromatic rings. The number of rotatable bonds is 5. The van der Waals surface area contributed by atoms with Gasteiger partial charge in [0.25, 0.3) is 11.8 Å². The van der Waals surface area contributed by atoms with E-state index in [4.69, 9.17) is 16.1 Å². The average molecular weight is 439 g/mol. The largest absolute Gasteiger partial charge is 0.334 e. The molecule has 0 radical (unpaired) electrons. The minimum Gasteiger partial charge on any atom is -0.334 e. The average Bonchev–Trinajstić information content (AvgIpc) is 3.40. The highest BCUT2D eigenvalue weighted by Gasteiger charge is 2.19. The summed E-state index contributed by atoms with van der Waals surface area (Å²) < 4.78 is 5.43. The molecule has 8 heteroatoms. The molecule has 0 saturated carbocycles. The minimum absolute atomic E-state index is 0.145. The molecule has 0 aliphatic rings. The van der Waals surface area contributed by atoms with Gasteiger partial charge in [-0.3, -0.25) is 4.79 Å². The van der Waals surface area contributed by atoms with Gasteiger partial charge in [-0.1, -0.05) is 54.9 Å². The SMILES string of the molecule is Cc1cccc(-c2nc(C(C)C)no2)c1NC(=O)c1csc(-c2ccc(Cl)cc2)n1. The molecule has 2 heterocycles. The summed E-state index contributed by atoms with van der Waals surface area (Å²) in [5.74, 6) is 0.839. The third-order valence-electron chi connectivity index (χ3n) is 4.53. The van der Waals surface area contributed by atoms with Crippen LogP contribution in [-0.2, 0) is 0 Å². The van der Waals surface area contributed by atoms with Crippen LogP contribution in [0.5, 0.6) is 0 Å². The smallest absolute Gasteiger partial charge is 0.275 e. The minimum atomic E-state index is -0.300. The number of amides is 1. The quantitative estimate of drug-likeness (QED) is 0.401. The van der Waals surface area contributed by atoms with Gasteiger partial charge in [-0.25, -0.2) is 4.98 Å². The zero-order valence-electron chi connectivity index (χ0n) is 16.6. The van der Waals surface area contributed by atoms with Gasteiger partial charge in [-0.15, -0.1) is 11.3 Å². The van der Waals surface area contributed by atoms with E-state index >= 15 is 0 Å². The second kappa shape index (κ2) is 8.38. The van der Waals surface area contributed by atoms with Crippen LogP contribution in [0.2, 0.25) is 5.02 Å². The van der Waals surface area contributed by atoms with Crippen molar-refractivity contribution in [3.8, 4) is 22.0 Å². The van der Waals surface area contributed by atoms with Crippen molar-refractivity contribution in [2.45, 2.75) is 26.7 Å². The molecule has 0 aliphatic heterocycles. The number of halogens is 1. The van der Waals surface area contributed by atoms with Crippen LogP contribution in [-0.4, -0.2) is 21.0 Å². The zero-order chi connectivity index (χ0) is 21.3. The highest BCUT2D eigenvalue weighted by molar-refractivity contribution is 7.13. The lowest BCUT2D eigenvalue weighted by atomic mass is 10.1. The molecule has 0 unspecified atom stereocenters. The summed E-state index contributed by atoms with van der Waals surface area (Å²) in [5, 5.41) is 10.1. The molecular formula is C22H19ClN4O2S. The molecule has 0 aliphatic carbocycles. The van der Waals surface area contributed by atoms with Gasteiger partial charge in [-0.2, -0.15) is 4.98 Å². The molecule has 2 aromatic heterocycles. The first-order valence-corrected chi connectivity index (χ1v) is 10.6. The fourth-order valence-corrected chi connectivity index (χ4v) is 3.80. The van der Waals surface area contributed by atoms with Crippen molar-refractivity contribution >= 4 is 34.5 Å². The van der Waals surface area contributed by atoms with E-state index in [0.29, 0.717) is 33.7 Å². The maximum Gasteiger partial charge on any atom is 0.275 e. The summed E-state index contributed by atoms with van der Waals surface area (Å²) in [5.41, 5.74) is 3.44. The summed E-state index contributed by atoms with van der Waals surface area (Å²) in [6.45, 7) is 5.90. The number of anilines is 1. The fourth-order valence-electron chi connectivity index (χ4n) is 2.87. The highest BCUT2D eigenvalue weighted by Crippen LogP contribution is 2.31. The molecule has 2 aromatic carbocycles. The molecule has 1 amide bonds. The molecule has 30 heavy (non-hydrogen) atoms. The third-order valence-corrected chi connectivity index (χ3v) is 5.67. The number of aryl methyl sites for hydroxylation is 1. The Hall–Kier alpha value is -3.03. The zero-order valence-corrected chi connectivity index (χ0v) is 18.2. The highest BCUT2D eigenvalue weighted by atomic mass is 35.5. The molecule has 0 spiro atoms. The summed E-state index contributed by atoms with van der Waals surface area (Å²) in [6.07, 6.45) is 0. The van der Waals surface area contributed by atoms with Crippen molar-refractivity contribution < 1.29 is 9.32 Å². The number of hydrogen-bond donors (Lipinski definition) is 1. The number of nitrogens with one attached hydrogen (secondary N) is 1. The van der Waals surface area contributed by atoms with E-state index in [2.05, 4.69) is 20.4 Å². The fraction of sp³-hybridized carbons (Fsp3) is 0.182. The Labute approximate surface area is 182 Å². The Morgan fingerprint density at radius 3 is 2.60 bits per heavy atom. The van der Waals surface area contributed by atoms with E-state index in [1.54, 1.807) is 17.5 Å². The van der Waals surface area contributed by atoms with Crippen molar-refractivity contribution in [3.63, 3.8) is 0 Å². The molecule has 152 valence electrons. The molecule has 1 N–H and O–H groups in total. The van der Waals surface area contributed by atoms with Crippen LogP contribution in [0.4, 0.5) is 5.69 Å². The van der Waals surface area contributed by atoms with Gasteiger partial charge in [0.1, 0.15) is 10.7 Å². The van der Waals surface area contributed by atoms with E-state index in [1.807, 2.05) is 51.1 Å². The first-order chi connectivity index (χ1) is 14.4. The van der Waals surface area contributed by atoms with E-state index in [1.165, 1.54) is 11.3 Å². The van der Waals surface area contributed by atoms with Crippen LogP contribution in [0, 0.1) is 6.92 Å². The van der Waals surface area contributed by atoms with Gasteiger partial charge < -0.3 is 9.84 Å². The van der Waals surface area contributed by atoms with E-state index in [0.717, 1.165) is 16.1 Å². The first kappa shape index (κ1) is 20.3. The Morgan fingerprint density at radius 2 is 1.90 bits per heavy atom. The molecule has 6 nitrogen and oxygen atoms in total. The predicted molar refractivity (Wildman–Crippen MR) is 119 cm³/mol. The monoisotopic (exact) mass is 438 g/mol. The van der Waals surface area contributed by atoms with Gasteiger partial charge in [0, 0.05) is 21.9 Å². The van der Waals surface area contributed by atoms with Crippen LogP contribution in [0.3, 0.4) is 0 Å². The van der Waals surface area contributed by atoms with Crippen LogP contribution in [0.25, 0.3) is 22.0 Å². The maximum atomic E-state index is 12.9. The number of hydrogen-bond acceptors (Lipinski definition) is 6. The van der Waals surface area contributed by atoms with Gasteiger partial charge >= 0.3 is 0 Å². The maximum absolute atomic E-state index is 12.9. The Morgan fingerprint density at radius 1 is 1.13 bits per heavy atom. The molecule has 0 saturated heterocycles. The first-order valence-electron chi connectivity index (χ1n) is 9.39. The number of thiazole rings is 1. The standard InChI is InChI=1S/C22H19ClN4O2S/c1-12(2)19-26-21(29-27-19)16-6-4-5-13(3)18(16)25-20(28)17-11-30-22(24-17)14-7-9-15(23)10-8-14/h4-12H,1-3H3,(H,25,28). The van der Waals surface area contributed by atoms with Crippen molar-refractivity contribution in [1.82, 2.24) is 15.1 Å². The Bertz CT molecular complexity index is 1200. The van der Waals surface area contributed by atoms with E-state index in [9.17, 15) is 4.79 Å². The number of para-hydroxylation sites is 1. The Balaban J connectivity index is 1.61. The van der Waals surface area contributed by atoms with Crippen LogP contribution in [0.15, 0.2) is 52.4 Å². The van der Waals surface area contributed by atoms with Crippen molar-refractivity contribution in [3.05, 3.63) is 69.9 Å². The van der Waals surface area contributed by atoms with Crippen molar-refractivity contribution in [1.29, 1.82) is 0 Å². The van der Waals surface area contributed by atoms with Gasteiger partial charge in [0.05, 0.1) is 11.3 Å². The number of carbonyl (C=O) groups excluding carboxylic acids is 1. The van der Waals surface area contributed by atoms with Gasteiger partial charge in [0.2, 0.25) is 0 Å². The van der Waals surface area contributed by atoms with Crippen LogP contribution in [0.1, 0.15) is 41.6 Å². The lowest BCUT2D eigenvalue weighted by Crippen LogP contribution is -2.14. The van der Waals surface area contributed by atoms with E-state index in [-0.39, 0.29) is 11.8 Å². The lowest BCUT2D eigenvalue weighted by molar-refractivity contribution is 0.102. The molecule has 0 fully saturated rings. The van der Waals surface area contributed by atoms with Crippen molar-refractivity contribution in [2.75, 3.05) is 5.32 Å². The van der Waals surface area contributed by atoms with Gasteiger partial charge in [-0.05, 0) is 30.7 Å². The summed E-state index contributed by atoms with van der Waals surface area (Å²) in [6, 6.07) is 13.0. The predicted octanol–water partition coefficient (Wildman–Crippen LogP) is 6.20. The number of carbonyl (C=O) groups is 1. The van der Waals surface area contributed by atoms with Gasteiger partial charge in [0.15, 0.2) is 5.82 Å². The third kappa shape index (κ3) is 4.13. The van der Waals surface area contributed by atoms with Crippen LogP contribution >= 0.6 is 22.9 Å². The molecule has 0 bridgehead atoms. The molecular weight excluding hydrogens is 420 g/mol. The summed E-state index contributed by atoms with van der Waals surface area (Å²) >= 11 is 7.35. The van der Waals surface area contributed by atoms with Crippen molar-refractivity contribution in [2.24, 2.45) is 0 Å². The lowest BCUT2D eigenvalue weighted by Gasteiger charge is -2.10. The summed E-state index contributed by atoms with van der Waals surface area (Å²) in [4.78, 5) is 21.8. The summed E-state index contributed by atoms with van der Waals surface area (Å²) in [7, 11) is 0. The second-order valence-electron chi connectivity index (χ2n) is 7.11.